The molecule has 0 amide bonds. The Balaban J connectivity index is 0.000000169. The normalized spacial score (nSPS) is 12.1. The number of fused-ring (bicyclic) bond motifs is 4. The monoisotopic (exact) mass is 782 g/mol. The van der Waals surface area contributed by atoms with E-state index in [-0.39, 0.29) is 5.75 Å². The molecule has 6 aromatic heterocycles. The van der Waals surface area contributed by atoms with Gasteiger partial charge >= 0.3 is 0 Å². The first-order valence-corrected chi connectivity index (χ1v) is 20.0. The summed E-state index contributed by atoms with van der Waals surface area (Å²) in [5, 5.41) is 15.2. The summed E-state index contributed by atoms with van der Waals surface area (Å²) in [5.74, 6) is 2.56. The van der Waals surface area contributed by atoms with Gasteiger partial charge in [0.25, 0.3) is 0 Å². The van der Waals surface area contributed by atoms with Gasteiger partial charge in [0.2, 0.25) is 5.16 Å². The minimum Gasteiger partial charge on any atom is -0.493 e. The predicted octanol–water partition coefficient (Wildman–Crippen LogP) is 6.72. The van der Waals surface area contributed by atoms with Gasteiger partial charge in [0.15, 0.2) is 5.16 Å². The number of nitrogens with zero attached hydrogens (tertiary/aromatic N) is 6. The first-order valence-electron chi connectivity index (χ1n) is 17.7. The molecule has 1 atom stereocenters. The van der Waals surface area contributed by atoms with Crippen molar-refractivity contribution in [1.82, 2.24) is 50.3 Å². The summed E-state index contributed by atoms with van der Waals surface area (Å²) in [4.78, 5) is 27.0. The molecule has 0 bridgehead atoms. The Bertz CT molecular complexity index is 2450. The number of H-pyrrole nitrogens is 4. The number of pyridine rings is 2. The molecule has 286 valence electrons. The van der Waals surface area contributed by atoms with Crippen LogP contribution in [0.5, 0.6) is 11.5 Å². The number of aromatic amines is 4. The molecule has 4 N–H and O–H groups in total. The zero-order valence-corrected chi connectivity index (χ0v) is 32.6. The number of benzene rings is 2. The molecule has 0 saturated heterocycles. The van der Waals surface area contributed by atoms with Gasteiger partial charge in [-0.3, -0.25) is 14.2 Å². The number of hydrogen-bond donors (Lipinski definition) is 4. The zero-order valence-electron chi connectivity index (χ0n) is 31.0. The van der Waals surface area contributed by atoms with Gasteiger partial charge in [-0.1, -0.05) is 11.8 Å². The van der Waals surface area contributed by atoms with E-state index < -0.39 is 10.8 Å². The maximum atomic E-state index is 12.9. The summed E-state index contributed by atoms with van der Waals surface area (Å²) in [6, 6.07) is 11.6. The molecule has 0 spiro atoms. The zero-order chi connectivity index (χ0) is 38.1. The van der Waals surface area contributed by atoms with E-state index in [1.165, 1.54) is 0 Å². The molecule has 6 heterocycles. The van der Waals surface area contributed by atoms with E-state index in [9.17, 15) is 4.21 Å². The van der Waals surface area contributed by atoms with Crippen LogP contribution in [0.4, 0.5) is 0 Å². The van der Waals surface area contributed by atoms with Gasteiger partial charge < -0.3 is 39.3 Å². The number of imidazole rings is 2. The van der Waals surface area contributed by atoms with Crippen LogP contribution in [0.2, 0.25) is 0 Å². The number of ether oxygens (including phenoxy) is 4. The van der Waals surface area contributed by atoms with Crippen molar-refractivity contribution < 1.29 is 23.2 Å². The molecule has 1 unspecified atom stereocenters. The second-order valence-electron chi connectivity index (χ2n) is 12.6. The third kappa shape index (κ3) is 9.13. The molecule has 0 saturated carbocycles. The highest BCUT2D eigenvalue weighted by Crippen LogP contribution is 2.29. The van der Waals surface area contributed by atoms with E-state index in [2.05, 4.69) is 50.3 Å². The van der Waals surface area contributed by atoms with Crippen molar-refractivity contribution in [2.24, 2.45) is 0 Å². The Labute approximate surface area is 323 Å². The molecule has 0 aliphatic heterocycles. The lowest BCUT2D eigenvalue weighted by molar-refractivity contribution is 0.171. The van der Waals surface area contributed by atoms with Gasteiger partial charge in [-0.05, 0) is 50.2 Å². The quantitative estimate of drug-likeness (QED) is 0.0598. The van der Waals surface area contributed by atoms with Gasteiger partial charge in [0.05, 0.1) is 74.3 Å². The molecule has 0 aliphatic carbocycles. The van der Waals surface area contributed by atoms with E-state index in [4.69, 9.17) is 18.9 Å². The standard InChI is InChI=1S/C19H21N5O3S.C19H21N5O2S/c1-12-17(20-5-4-18(12)27-7-3-6-26-2)11-28(25)19-22-15-8-13-10-21-24-14(13)9-16(15)23-19;1-12-17(20-5-4-18(12)26-7-3-6-25-2)11-27-19-22-15-8-13-10-21-24-14(13)9-16(15)23-19/h4-5,8-10,21,24H,3,6-7,11H2,1-2H3;4-5,8-10,21,24H,3,6-7,11H2,1-2H3. The van der Waals surface area contributed by atoms with Crippen LogP contribution in [0.25, 0.3) is 43.9 Å². The lowest BCUT2D eigenvalue weighted by Gasteiger charge is -2.11. The van der Waals surface area contributed by atoms with Crippen LogP contribution in [-0.2, 0) is 31.8 Å². The Morgan fingerprint density at radius 1 is 0.673 bits per heavy atom. The van der Waals surface area contributed by atoms with Crippen molar-refractivity contribution in [1.29, 1.82) is 0 Å². The Hall–Kier alpha value is -5.36. The van der Waals surface area contributed by atoms with Gasteiger partial charge in [0, 0.05) is 92.7 Å². The van der Waals surface area contributed by atoms with Crippen molar-refractivity contribution in [3.63, 3.8) is 0 Å². The number of aromatic nitrogens is 10. The fourth-order valence-corrected chi connectivity index (χ4v) is 7.78. The summed E-state index contributed by atoms with van der Waals surface area (Å²) < 4.78 is 34.6. The largest absolute Gasteiger partial charge is 0.493 e. The average Bonchev–Trinajstić information content (AvgIpc) is 4.01. The van der Waals surface area contributed by atoms with Gasteiger partial charge in [-0.2, -0.15) is 0 Å². The van der Waals surface area contributed by atoms with Crippen molar-refractivity contribution in [3.05, 3.63) is 83.7 Å². The summed E-state index contributed by atoms with van der Waals surface area (Å²) in [5.41, 5.74) is 8.83. The first-order chi connectivity index (χ1) is 26.9. The number of methoxy groups -OCH3 is 2. The first kappa shape index (κ1) is 37.9. The topological polar surface area (TPSA) is 194 Å². The SMILES string of the molecule is COCCCOc1ccnc(CS(=O)c2nc3cc4c[nH][nH]c4cc3n2)c1C.COCCCOc1ccnc(CSc2nc3cc4c[nH][nH]c4cc3n2)c1C. The van der Waals surface area contributed by atoms with Crippen molar-refractivity contribution in [2.75, 3.05) is 40.6 Å². The summed E-state index contributed by atoms with van der Waals surface area (Å²) in [7, 11) is 1.96. The van der Waals surface area contributed by atoms with Crippen molar-refractivity contribution in [3.8, 4) is 11.5 Å². The summed E-state index contributed by atoms with van der Waals surface area (Å²) in [6.07, 6.45) is 8.90. The highest BCUT2D eigenvalue weighted by molar-refractivity contribution is 7.98. The average molecular weight is 783 g/mol. The Morgan fingerprint density at radius 3 is 1.76 bits per heavy atom. The Morgan fingerprint density at radius 2 is 1.18 bits per heavy atom. The minimum atomic E-state index is -1.40. The van der Waals surface area contributed by atoms with Gasteiger partial charge in [-0.15, -0.1) is 0 Å². The molecule has 0 aliphatic rings. The molecule has 0 radical (unpaired) electrons. The molecular formula is C38H42N10O5S2. The summed E-state index contributed by atoms with van der Waals surface area (Å²) in [6.45, 7) is 6.50. The maximum absolute atomic E-state index is 12.9. The lowest BCUT2D eigenvalue weighted by Crippen LogP contribution is -2.06. The van der Waals surface area contributed by atoms with E-state index >= 15 is 0 Å². The molecule has 2 aromatic carbocycles. The fourth-order valence-electron chi connectivity index (χ4n) is 5.83. The Kier molecular flexibility index (Phi) is 12.3. The van der Waals surface area contributed by atoms with E-state index in [1.54, 1.807) is 38.4 Å². The van der Waals surface area contributed by atoms with Crippen molar-refractivity contribution in [2.45, 2.75) is 48.5 Å². The van der Waals surface area contributed by atoms with Crippen LogP contribution < -0.4 is 9.47 Å². The second-order valence-corrected chi connectivity index (χ2v) is 14.9. The minimum absolute atomic E-state index is 0.239. The fraction of sp³-hybridized carbons (Fsp3) is 0.316. The third-order valence-electron chi connectivity index (χ3n) is 8.85. The van der Waals surface area contributed by atoms with E-state index in [1.807, 2.05) is 62.6 Å². The molecule has 17 heteroatoms. The molecule has 15 nitrogen and oxygen atoms in total. The maximum Gasteiger partial charge on any atom is 0.220 e. The predicted molar refractivity (Wildman–Crippen MR) is 213 cm³/mol. The number of rotatable bonds is 16. The second kappa shape index (κ2) is 17.9. The highest BCUT2D eigenvalue weighted by atomic mass is 32.2. The van der Waals surface area contributed by atoms with Crippen molar-refractivity contribution >= 4 is 66.4 Å². The van der Waals surface area contributed by atoms with E-state index in [0.717, 1.165) is 90.4 Å². The molecular weight excluding hydrogens is 741 g/mol. The molecule has 8 aromatic rings. The van der Waals surface area contributed by atoms with Crippen LogP contribution in [0.1, 0.15) is 35.4 Å². The number of thioether (sulfide) groups is 1. The highest BCUT2D eigenvalue weighted by Gasteiger charge is 2.17. The van der Waals surface area contributed by atoms with Gasteiger partial charge in [-0.25, -0.2) is 19.9 Å². The van der Waals surface area contributed by atoms with Crippen LogP contribution in [0, 0.1) is 13.8 Å². The van der Waals surface area contributed by atoms with Crippen LogP contribution in [0.3, 0.4) is 0 Å². The molecule has 0 fully saturated rings. The third-order valence-corrected chi connectivity index (χ3v) is 10.8. The molecule has 55 heavy (non-hydrogen) atoms. The molecule has 8 rings (SSSR count). The summed E-state index contributed by atoms with van der Waals surface area (Å²) >= 11 is 1.58. The van der Waals surface area contributed by atoms with Crippen LogP contribution >= 0.6 is 11.8 Å². The number of hydrogen-bond acceptors (Lipinski definition) is 12. The lowest BCUT2D eigenvalue weighted by atomic mass is 10.2. The number of nitrogens with one attached hydrogen (secondary N) is 4. The van der Waals surface area contributed by atoms with Crippen LogP contribution in [-0.4, -0.2) is 95.2 Å². The van der Waals surface area contributed by atoms with E-state index in [0.29, 0.717) is 42.9 Å². The smallest absolute Gasteiger partial charge is 0.220 e. The van der Waals surface area contributed by atoms with Crippen LogP contribution in [0.15, 0.2) is 71.5 Å². The van der Waals surface area contributed by atoms with Gasteiger partial charge in [0.1, 0.15) is 11.5 Å².